The zero-order valence-corrected chi connectivity index (χ0v) is 21.4. The van der Waals surface area contributed by atoms with Crippen LogP contribution in [0.3, 0.4) is 0 Å². The predicted molar refractivity (Wildman–Crippen MR) is 131 cm³/mol. The number of carbonyl (C=O) groups excluding carboxylic acids is 2. The number of carbonyl (C=O) groups is 2. The predicted octanol–water partition coefficient (Wildman–Crippen LogP) is 3.81. The monoisotopic (exact) mass is 543 g/mol. The van der Waals surface area contributed by atoms with Gasteiger partial charge in [-0.15, -0.1) is 0 Å². The minimum atomic E-state index is -3.75. The maximum atomic E-state index is 13.4. The standard InChI is InChI=1S/C22H27BrClN3O4S/c1-4-12-25-22(29)16(2)26(14-17-8-10-19(24)11-9-17)21(28)15-27(32(3,30)31)20-7-5-6-18(23)13-20/h5-11,13,16H,4,12,14-15H2,1-3H3,(H,25,29)/t16-/m1/s1. The van der Waals surface area contributed by atoms with E-state index in [0.29, 0.717) is 21.7 Å². The van der Waals surface area contributed by atoms with E-state index in [9.17, 15) is 18.0 Å². The molecular formula is C22H27BrClN3O4S. The van der Waals surface area contributed by atoms with Crippen LogP contribution in [-0.2, 0) is 26.2 Å². The van der Waals surface area contributed by atoms with Gasteiger partial charge < -0.3 is 10.2 Å². The van der Waals surface area contributed by atoms with E-state index < -0.39 is 28.5 Å². The van der Waals surface area contributed by atoms with Crippen molar-refractivity contribution >= 4 is 55.1 Å². The third kappa shape index (κ3) is 7.50. The number of hydrogen-bond acceptors (Lipinski definition) is 4. The summed E-state index contributed by atoms with van der Waals surface area (Å²) < 4.78 is 26.7. The molecule has 1 N–H and O–H groups in total. The molecule has 0 spiro atoms. The van der Waals surface area contributed by atoms with E-state index in [1.54, 1.807) is 55.5 Å². The molecule has 2 rings (SSSR count). The van der Waals surface area contributed by atoms with E-state index in [2.05, 4.69) is 21.2 Å². The van der Waals surface area contributed by atoms with Crippen molar-refractivity contribution < 1.29 is 18.0 Å². The van der Waals surface area contributed by atoms with Crippen LogP contribution in [0.5, 0.6) is 0 Å². The zero-order valence-electron chi connectivity index (χ0n) is 18.2. The molecule has 0 aromatic heterocycles. The van der Waals surface area contributed by atoms with Gasteiger partial charge in [-0.1, -0.05) is 52.7 Å². The van der Waals surface area contributed by atoms with Gasteiger partial charge in [-0.2, -0.15) is 0 Å². The molecule has 0 bridgehead atoms. The number of hydrogen-bond donors (Lipinski definition) is 1. The maximum absolute atomic E-state index is 13.4. The van der Waals surface area contributed by atoms with Gasteiger partial charge in [0, 0.05) is 22.6 Å². The van der Waals surface area contributed by atoms with Crippen molar-refractivity contribution in [1.82, 2.24) is 10.2 Å². The molecule has 32 heavy (non-hydrogen) atoms. The fourth-order valence-electron chi connectivity index (χ4n) is 3.01. The Bertz CT molecular complexity index is 1050. The SMILES string of the molecule is CCCNC(=O)[C@@H](C)N(Cc1ccc(Cl)cc1)C(=O)CN(c1cccc(Br)c1)S(C)(=O)=O. The van der Waals surface area contributed by atoms with Crippen LogP contribution in [0, 0.1) is 0 Å². The molecular weight excluding hydrogens is 518 g/mol. The first-order valence-corrected chi connectivity index (χ1v) is 13.1. The molecule has 0 aliphatic carbocycles. The highest BCUT2D eigenvalue weighted by Gasteiger charge is 2.30. The van der Waals surface area contributed by atoms with Gasteiger partial charge in [-0.3, -0.25) is 13.9 Å². The van der Waals surface area contributed by atoms with Crippen LogP contribution < -0.4 is 9.62 Å². The van der Waals surface area contributed by atoms with Crippen LogP contribution in [0.4, 0.5) is 5.69 Å². The van der Waals surface area contributed by atoms with E-state index in [1.165, 1.54) is 4.90 Å². The van der Waals surface area contributed by atoms with Crippen molar-refractivity contribution in [2.75, 3.05) is 23.7 Å². The fraction of sp³-hybridized carbons (Fsp3) is 0.364. The second-order valence-corrected chi connectivity index (χ2v) is 10.6. The highest BCUT2D eigenvalue weighted by molar-refractivity contribution is 9.10. The number of benzene rings is 2. The minimum Gasteiger partial charge on any atom is -0.354 e. The second-order valence-electron chi connectivity index (χ2n) is 7.36. The van der Waals surface area contributed by atoms with Crippen LogP contribution in [0.25, 0.3) is 0 Å². The zero-order chi connectivity index (χ0) is 23.9. The highest BCUT2D eigenvalue weighted by atomic mass is 79.9. The van der Waals surface area contributed by atoms with Crippen LogP contribution in [0.15, 0.2) is 53.0 Å². The second kappa shape index (κ2) is 11.7. The number of amides is 2. The molecule has 7 nitrogen and oxygen atoms in total. The number of nitrogens with one attached hydrogen (secondary N) is 1. The maximum Gasteiger partial charge on any atom is 0.244 e. The van der Waals surface area contributed by atoms with E-state index in [-0.39, 0.29) is 12.5 Å². The van der Waals surface area contributed by atoms with Crippen molar-refractivity contribution in [2.24, 2.45) is 0 Å². The third-order valence-corrected chi connectivity index (χ3v) is 6.64. The van der Waals surface area contributed by atoms with Gasteiger partial charge in [-0.05, 0) is 49.2 Å². The first-order valence-electron chi connectivity index (χ1n) is 10.1. The molecule has 2 amide bonds. The topological polar surface area (TPSA) is 86.8 Å². The number of anilines is 1. The van der Waals surface area contributed by atoms with Gasteiger partial charge in [0.05, 0.1) is 11.9 Å². The number of sulfonamides is 1. The molecule has 0 saturated carbocycles. The number of nitrogens with zero attached hydrogens (tertiary/aromatic N) is 2. The third-order valence-electron chi connectivity index (χ3n) is 4.76. The Morgan fingerprint density at radius 1 is 1.16 bits per heavy atom. The van der Waals surface area contributed by atoms with Crippen molar-refractivity contribution in [2.45, 2.75) is 32.9 Å². The summed E-state index contributed by atoms with van der Waals surface area (Å²) in [6.45, 7) is 3.74. The summed E-state index contributed by atoms with van der Waals surface area (Å²) in [6, 6.07) is 12.8. The molecule has 0 aliphatic rings. The molecule has 0 aliphatic heterocycles. The average molecular weight is 545 g/mol. The minimum absolute atomic E-state index is 0.132. The molecule has 10 heteroatoms. The van der Waals surface area contributed by atoms with Gasteiger partial charge >= 0.3 is 0 Å². The quantitative estimate of drug-likeness (QED) is 0.493. The molecule has 0 unspecified atom stereocenters. The normalized spacial score (nSPS) is 12.2. The lowest BCUT2D eigenvalue weighted by Crippen LogP contribution is -2.51. The first kappa shape index (κ1) is 26.2. The lowest BCUT2D eigenvalue weighted by Gasteiger charge is -2.31. The van der Waals surface area contributed by atoms with Gasteiger partial charge in [0.25, 0.3) is 0 Å². The van der Waals surface area contributed by atoms with Crippen molar-refractivity contribution in [3.63, 3.8) is 0 Å². The molecule has 0 heterocycles. The highest BCUT2D eigenvalue weighted by Crippen LogP contribution is 2.23. The van der Waals surface area contributed by atoms with E-state index in [0.717, 1.165) is 22.5 Å². The molecule has 0 fully saturated rings. The van der Waals surface area contributed by atoms with Gasteiger partial charge in [0.2, 0.25) is 21.8 Å². The first-order chi connectivity index (χ1) is 15.0. The molecule has 1 atom stereocenters. The Kier molecular flexibility index (Phi) is 9.54. The molecule has 2 aromatic carbocycles. The van der Waals surface area contributed by atoms with Crippen LogP contribution in [0.1, 0.15) is 25.8 Å². The Morgan fingerprint density at radius 2 is 1.81 bits per heavy atom. The van der Waals surface area contributed by atoms with Crippen molar-refractivity contribution in [3.8, 4) is 0 Å². The van der Waals surface area contributed by atoms with Gasteiger partial charge in [0.15, 0.2) is 0 Å². The summed E-state index contributed by atoms with van der Waals surface area (Å²) in [5.41, 5.74) is 1.12. The van der Waals surface area contributed by atoms with E-state index in [4.69, 9.17) is 11.6 Å². The summed E-state index contributed by atoms with van der Waals surface area (Å²) in [5, 5.41) is 3.35. The smallest absolute Gasteiger partial charge is 0.244 e. The Hall–Kier alpha value is -2.10. The fourth-order valence-corrected chi connectivity index (χ4v) is 4.36. The lowest BCUT2D eigenvalue weighted by molar-refractivity contribution is -0.139. The lowest BCUT2D eigenvalue weighted by atomic mass is 10.1. The van der Waals surface area contributed by atoms with Crippen LogP contribution in [-0.4, -0.2) is 50.5 Å². The number of rotatable bonds is 10. The Morgan fingerprint density at radius 3 is 2.38 bits per heavy atom. The Labute approximate surface area is 202 Å². The summed E-state index contributed by atoms with van der Waals surface area (Å²) in [6.07, 6.45) is 1.80. The largest absolute Gasteiger partial charge is 0.354 e. The summed E-state index contributed by atoms with van der Waals surface area (Å²) >= 11 is 9.29. The number of halogens is 2. The summed E-state index contributed by atoms with van der Waals surface area (Å²) in [5.74, 6) is -0.799. The van der Waals surface area contributed by atoms with Crippen molar-refractivity contribution in [3.05, 3.63) is 63.6 Å². The Balaban J connectivity index is 2.35. The molecule has 0 saturated heterocycles. The average Bonchev–Trinajstić information content (AvgIpc) is 2.73. The van der Waals surface area contributed by atoms with Crippen molar-refractivity contribution in [1.29, 1.82) is 0 Å². The molecule has 174 valence electrons. The molecule has 0 radical (unpaired) electrons. The summed E-state index contributed by atoms with van der Waals surface area (Å²) in [7, 11) is -3.75. The van der Waals surface area contributed by atoms with Crippen LogP contribution >= 0.6 is 27.5 Å². The van der Waals surface area contributed by atoms with Gasteiger partial charge in [0.1, 0.15) is 12.6 Å². The van der Waals surface area contributed by atoms with E-state index >= 15 is 0 Å². The van der Waals surface area contributed by atoms with Gasteiger partial charge in [-0.25, -0.2) is 8.42 Å². The van der Waals surface area contributed by atoms with Crippen LogP contribution in [0.2, 0.25) is 5.02 Å². The summed E-state index contributed by atoms with van der Waals surface area (Å²) in [4.78, 5) is 27.4. The van der Waals surface area contributed by atoms with E-state index in [1.807, 2.05) is 6.92 Å². The molecule has 2 aromatic rings.